The van der Waals surface area contributed by atoms with Crippen molar-refractivity contribution in [1.82, 2.24) is 10.6 Å². The molecule has 3 nitrogen and oxygen atoms in total. The van der Waals surface area contributed by atoms with Crippen LogP contribution in [0.1, 0.15) is 37.7 Å². The van der Waals surface area contributed by atoms with Gasteiger partial charge < -0.3 is 10.6 Å². The molecule has 2 N–H and O–H groups in total. The predicted octanol–water partition coefficient (Wildman–Crippen LogP) is 2.99. The number of carbonyl (C=O) groups excluding carboxylic acids is 1. The Kier molecular flexibility index (Phi) is 5.61. The standard InChI is InChI=1S/C16H23BrN2O/c1-18-10-5-11-19-15(20)16(8-2-3-9-16)13-6-4-7-14(17)12-13/h4,6-7,12,18H,2-3,5,8-11H2,1H3,(H,19,20). The molecule has 0 atom stereocenters. The summed E-state index contributed by atoms with van der Waals surface area (Å²) in [6.45, 7) is 1.68. The highest BCUT2D eigenvalue weighted by Gasteiger charge is 2.42. The zero-order valence-corrected chi connectivity index (χ0v) is 13.6. The van der Waals surface area contributed by atoms with Gasteiger partial charge in [0.15, 0.2) is 0 Å². The lowest BCUT2D eigenvalue weighted by atomic mass is 9.78. The van der Waals surface area contributed by atoms with Crippen molar-refractivity contribution < 1.29 is 4.79 Å². The summed E-state index contributed by atoms with van der Waals surface area (Å²) in [4.78, 5) is 12.7. The van der Waals surface area contributed by atoms with E-state index in [1.807, 2.05) is 19.2 Å². The van der Waals surface area contributed by atoms with Crippen molar-refractivity contribution in [2.75, 3.05) is 20.1 Å². The maximum atomic E-state index is 12.7. The molecular weight excluding hydrogens is 316 g/mol. The zero-order chi connectivity index (χ0) is 14.4. The highest BCUT2D eigenvalue weighted by Crippen LogP contribution is 2.42. The molecule has 0 aliphatic heterocycles. The summed E-state index contributed by atoms with van der Waals surface area (Å²) in [7, 11) is 1.93. The largest absolute Gasteiger partial charge is 0.355 e. The Morgan fingerprint density at radius 2 is 2.05 bits per heavy atom. The summed E-state index contributed by atoms with van der Waals surface area (Å²) < 4.78 is 1.05. The van der Waals surface area contributed by atoms with Crippen LogP contribution in [0.5, 0.6) is 0 Å². The van der Waals surface area contributed by atoms with Crippen molar-refractivity contribution in [2.24, 2.45) is 0 Å². The molecule has 20 heavy (non-hydrogen) atoms. The number of benzene rings is 1. The molecule has 1 aliphatic carbocycles. The summed E-state index contributed by atoms with van der Waals surface area (Å²) in [6.07, 6.45) is 5.16. The normalized spacial score (nSPS) is 17.1. The molecule has 110 valence electrons. The molecule has 1 amide bonds. The number of nitrogens with one attached hydrogen (secondary N) is 2. The minimum Gasteiger partial charge on any atom is -0.355 e. The maximum absolute atomic E-state index is 12.7. The molecule has 0 aromatic heterocycles. The lowest BCUT2D eigenvalue weighted by molar-refractivity contribution is -0.126. The van der Waals surface area contributed by atoms with Crippen LogP contribution in [0.15, 0.2) is 28.7 Å². The van der Waals surface area contributed by atoms with Crippen molar-refractivity contribution in [3.63, 3.8) is 0 Å². The van der Waals surface area contributed by atoms with Crippen molar-refractivity contribution in [1.29, 1.82) is 0 Å². The molecule has 0 bridgehead atoms. The first-order chi connectivity index (χ1) is 9.69. The molecule has 1 saturated carbocycles. The fourth-order valence-electron chi connectivity index (χ4n) is 3.05. The average molecular weight is 339 g/mol. The molecule has 0 heterocycles. The van der Waals surface area contributed by atoms with E-state index in [1.165, 1.54) is 0 Å². The van der Waals surface area contributed by atoms with Gasteiger partial charge in [0, 0.05) is 11.0 Å². The maximum Gasteiger partial charge on any atom is 0.230 e. The Labute approximate surface area is 129 Å². The van der Waals surface area contributed by atoms with Crippen LogP contribution >= 0.6 is 15.9 Å². The van der Waals surface area contributed by atoms with E-state index in [-0.39, 0.29) is 11.3 Å². The molecule has 4 heteroatoms. The van der Waals surface area contributed by atoms with E-state index in [0.29, 0.717) is 0 Å². The number of rotatable bonds is 6. The minimum absolute atomic E-state index is 0.198. The Balaban J connectivity index is 2.11. The van der Waals surface area contributed by atoms with Crippen LogP contribution in [0.2, 0.25) is 0 Å². The number of hydrogen-bond acceptors (Lipinski definition) is 2. The molecule has 1 aliphatic rings. The van der Waals surface area contributed by atoms with Gasteiger partial charge in [0.25, 0.3) is 0 Å². The molecule has 0 unspecified atom stereocenters. The van der Waals surface area contributed by atoms with E-state index < -0.39 is 0 Å². The number of amides is 1. The number of hydrogen-bond donors (Lipinski definition) is 2. The first-order valence-electron chi connectivity index (χ1n) is 7.38. The molecule has 0 spiro atoms. The SMILES string of the molecule is CNCCCNC(=O)C1(c2cccc(Br)c2)CCCC1. The van der Waals surface area contributed by atoms with E-state index in [2.05, 4.69) is 38.7 Å². The summed E-state index contributed by atoms with van der Waals surface area (Å²) in [5, 5.41) is 6.23. The number of carbonyl (C=O) groups is 1. The van der Waals surface area contributed by atoms with Crippen LogP contribution in [0.25, 0.3) is 0 Å². The minimum atomic E-state index is -0.316. The monoisotopic (exact) mass is 338 g/mol. The molecular formula is C16H23BrN2O. The van der Waals surface area contributed by atoms with Crippen molar-refractivity contribution in [2.45, 2.75) is 37.5 Å². The molecule has 1 aromatic rings. The summed E-state index contributed by atoms with van der Waals surface area (Å²) in [5.41, 5.74) is 0.833. The van der Waals surface area contributed by atoms with E-state index in [9.17, 15) is 4.79 Å². The Morgan fingerprint density at radius 3 is 2.70 bits per heavy atom. The highest BCUT2D eigenvalue weighted by molar-refractivity contribution is 9.10. The lowest BCUT2D eigenvalue weighted by Gasteiger charge is -2.28. The van der Waals surface area contributed by atoms with Crippen LogP contribution in [-0.4, -0.2) is 26.0 Å². The van der Waals surface area contributed by atoms with Crippen molar-refractivity contribution >= 4 is 21.8 Å². The second kappa shape index (κ2) is 7.23. The third-order valence-electron chi connectivity index (χ3n) is 4.16. The van der Waals surface area contributed by atoms with Gasteiger partial charge in [-0.05, 0) is 50.6 Å². The van der Waals surface area contributed by atoms with E-state index in [0.717, 1.165) is 55.2 Å². The molecule has 1 aromatic carbocycles. The Bertz CT molecular complexity index is 456. The molecule has 0 saturated heterocycles. The smallest absolute Gasteiger partial charge is 0.230 e. The van der Waals surface area contributed by atoms with E-state index >= 15 is 0 Å². The second-order valence-corrected chi connectivity index (χ2v) is 6.43. The van der Waals surface area contributed by atoms with Crippen LogP contribution in [0.3, 0.4) is 0 Å². The van der Waals surface area contributed by atoms with Crippen LogP contribution in [0.4, 0.5) is 0 Å². The van der Waals surface area contributed by atoms with Gasteiger partial charge >= 0.3 is 0 Å². The topological polar surface area (TPSA) is 41.1 Å². The van der Waals surface area contributed by atoms with Gasteiger partial charge in [-0.25, -0.2) is 0 Å². The number of halogens is 1. The van der Waals surface area contributed by atoms with Gasteiger partial charge in [-0.2, -0.15) is 0 Å². The first kappa shape index (κ1) is 15.5. The van der Waals surface area contributed by atoms with E-state index in [4.69, 9.17) is 0 Å². The fourth-order valence-corrected chi connectivity index (χ4v) is 3.45. The fraction of sp³-hybridized carbons (Fsp3) is 0.562. The zero-order valence-electron chi connectivity index (χ0n) is 12.0. The molecule has 1 fully saturated rings. The van der Waals surface area contributed by atoms with Gasteiger partial charge in [-0.3, -0.25) is 4.79 Å². The Morgan fingerprint density at radius 1 is 1.30 bits per heavy atom. The predicted molar refractivity (Wildman–Crippen MR) is 85.8 cm³/mol. The third-order valence-corrected chi connectivity index (χ3v) is 4.65. The third kappa shape index (κ3) is 3.41. The summed E-state index contributed by atoms with van der Waals surface area (Å²) in [5.74, 6) is 0.198. The summed E-state index contributed by atoms with van der Waals surface area (Å²) >= 11 is 3.52. The highest BCUT2D eigenvalue weighted by atomic mass is 79.9. The lowest BCUT2D eigenvalue weighted by Crippen LogP contribution is -2.43. The molecule has 0 radical (unpaired) electrons. The summed E-state index contributed by atoms with van der Waals surface area (Å²) in [6, 6.07) is 8.21. The Hall–Kier alpha value is -0.870. The van der Waals surface area contributed by atoms with Gasteiger partial charge in [0.05, 0.1) is 5.41 Å². The van der Waals surface area contributed by atoms with Gasteiger partial charge in [-0.1, -0.05) is 40.9 Å². The first-order valence-corrected chi connectivity index (χ1v) is 8.17. The van der Waals surface area contributed by atoms with Crippen LogP contribution in [-0.2, 0) is 10.2 Å². The average Bonchev–Trinajstić information content (AvgIpc) is 2.94. The van der Waals surface area contributed by atoms with Gasteiger partial charge in [0.2, 0.25) is 5.91 Å². The van der Waals surface area contributed by atoms with Crippen molar-refractivity contribution in [3.05, 3.63) is 34.3 Å². The van der Waals surface area contributed by atoms with Crippen LogP contribution in [0, 0.1) is 0 Å². The van der Waals surface area contributed by atoms with Crippen molar-refractivity contribution in [3.8, 4) is 0 Å². The van der Waals surface area contributed by atoms with Gasteiger partial charge in [-0.15, -0.1) is 0 Å². The second-order valence-electron chi connectivity index (χ2n) is 5.51. The molecule has 2 rings (SSSR count). The van der Waals surface area contributed by atoms with Crippen LogP contribution < -0.4 is 10.6 Å². The quantitative estimate of drug-likeness (QED) is 0.783. The van der Waals surface area contributed by atoms with Gasteiger partial charge in [0.1, 0.15) is 0 Å². The van der Waals surface area contributed by atoms with E-state index in [1.54, 1.807) is 0 Å².